The lowest BCUT2D eigenvalue weighted by molar-refractivity contribution is 0.00578. The lowest BCUT2D eigenvalue weighted by atomic mass is 9.74. The van der Waals surface area contributed by atoms with E-state index in [0.717, 1.165) is 5.46 Å². The zero-order valence-corrected chi connectivity index (χ0v) is 18.0. The number of nitrogens with zero attached hydrogens (tertiary/aromatic N) is 1. The summed E-state index contributed by atoms with van der Waals surface area (Å²) in [6.07, 6.45) is -0.394. The molecule has 1 aromatic rings. The van der Waals surface area contributed by atoms with E-state index in [1.807, 2.05) is 33.8 Å². The Balaban J connectivity index is 1.91. The first-order valence-corrected chi connectivity index (χ1v) is 9.95. The SMILES string of the molecule is CC(C)(C)c1ccc(O[C@H]2CCN(C(=O)O)C2)c(B2OC(C)(C)C(C)(C)O2)c1. The first-order chi connectivity index (χ1) is 12.8. The molecule has 1 N–H and O–H groups in total. The summed E-state index contributed by atoms with van der Waals surface area (Å²) >= 11 is 0. The van der Waals surface area contributed by atoms with Gasteiger partial charge in [0, 0.05) is 18.4 Å². The third-order valence-corrected chi connectivity index (χ3v) is 6.09. The Morgan fingerprint density at radius 2 is 1.82 bits per heavy atom. The summed E-state index contributed by atoms with van der Waals surface area (Å²) in [5.41, 5.74) is 1.12. The van der Waals surface area contributed by atoms with Gasteiger partial charge < -0.3 is 24.1 Å². The van der Waals surface area contributed by atoms with Crippen LogP contribution in [0.2, 0.25) is 0 Å². The summed E-state index contributed by atoms with van der Waals surface area (Å²) in [6, 6.07) is 6.12. The second-order valence-corrected chi connectivity index (χ2v) is 9.85. The Bertz CT molecular complexity index is 740. The van der Waals surface area contributed by atoms with Crippen LogP contribution < -0.4 is 10.2 Å². The minimum absolute atomic E-state index is 0.0234. The molecule has 6 nitrogen and oxygen atoms in total. The minimum Gasteiger partial charge on any atom is -0.489 e. The summed E-state index contributed by atoms with van der Waals surface area (Å²) < 4.78 is 18.8. The predicted octanol–water partition coefficient (Wildman–Crippen LogP) is 3.41. The van der Waals surface area contributed by atoms with Gasteiger partial charge in [-0.25, -0.2) is 4.79 Å². The van der Waals surface area contributed by atoms with Crippen molar-refractivity contribution in [2.45, 2.75) is 77.6 Å². The maximum atomic E-state index is 11.2. The Hall–Kier alpha value is -1.73. The van der Waals surface area contributed by atoms with Crippen LogP contribution in [0.3, 0.4) is 0 Å². The van der Waals surface area contributed by atoms with Crippen molar-refractivity contribution in [1.29, 1.82) is 0 Å². The van der Waals surface area contributed by atoms with E-state index in [1.54, 1.807) is 0 Å². The number of benzene rings is 1. The first kappa shape index (κ1) is 21.0. The molecule has 0 unspecified atom stereocenters. The molecule has 0 saturated carbocycles. The molecular formula is C21H32BNO5. The highest BCUT2D eigenvalue weighted by Crippen LogP contribution is 2.38. The standard InChI is InChI=1S/C21H32BNO5/c1-19(2,3)14-8-9-17(26-15-10-11-23(13-15)18(24)25)16(12-14)22-27-20(4,5)21(6,7)28-22/h8-9,12,15H,10-11,13H2,1-7H3,(H,24,25)/t15-/m0/s1. The molecule has 0 aliphatic carbocycles. The predicted molar refractivity (Wildman–Crippen MR) is 109 cm³/mol. The summed E-state index contributed by atoms with van der Waals surface area (Å²) in [5, 5.41) is 9.20. The summed E-state index contributed by atoms with van der Waals surface area (Å²) in [6.45, 7) is 15.5. The molecule has 2 aliphatic heterocycles. The van der Waals surface area contributed by atoms with E-state index >= 15 is 0 Å². The number of likely N-dealkylation sites (tertiary alicyclic amines) is 1. The van der Waals surface area contributed by atoms with Crippen molar-refractivity contribution in [2.24, 2.45) is 0 Å². The normalized spacial score (nSPS) is 23.9. The molecule has 0 spiro atoms. The van der Waals surface area contributed by atoms with Crippen molar-refractivity contribution in [3.8, 4) is 5.75 Å². The number of hydrogen-bond acceptors (Lipinski definition) is 4. The summed E-state index contributed by atoms with van der Waals surface area (Å²) in [5.74, 6) is 0.698. The van der Waals surface area contributed by atoms with Gasteiger partial charge in [0.2, 0.25) is 0 Å². The Labute approximate surface area is 168 Å². The molecule has 28 heavy (non-hydrogen) atoms. The zero-order valence-electron chi connectivity index (χ0n) is 18.0. The fourth-order valence-corrected chi connectivity index (χ4v) is 3.45. The molecule has 154 valence electrons. The van der Waals surface area contributed by atoms with E-state index in [2.05, 4.69) is 32.9 Å². The molecule has 7 heteroatoms. The van der Waals surface area contributed by atoms with Gasteiger partial charge in [-0.05, 0) is 44.7 Å². The third-order valence-electron chi connectivity index (χ3n) is 6.09. The fraction of sp³-hybridized carbons (Fsp3) is 0.667. The average Bonchev–Trinajstić information content (AvgIpc) is 3.09. The van der Waals surface area contributed by atoms with Gasteiger partial charge in [-0.3, -0.25) is 0 Å². The quantitative estimate of drug-likeness (QED) is 0.803. The number of carboxylic acid groups (broad SMARTS) is 1. The lowest BCUT2D eigenvalue weighted by Crippen LogP contribution is -2.41. The van der Waals surface area contributed by atoms with Gasteiger partial charge in [0.15, 0.2) is 0 Å². The second-order valence-electron chi connectivity index (χ2n) is 9.85. The molecule has 0 bridgehead atoms. The van der Waals surface area contributed by atoms with Crippen LogP contribution in [-0.2, 0) is 14.7 Å². The van der Waals surface area contributed by atoms with Crippen molar-refractivity contribution < 1.29 is 23.9 Å². The first-order valence-electron chi connectivity index (χ1n) is 9.95. The van der Waals surface area contributed by atoms with Gasteiger partial charge in [-0.15, -0.1) is 0 Å². The van der Waals surface area contributed by atoms with Crippen LogP contribution in [0, 0.1) is 0 Å². The van der Waals surface area contributed by atoms with E-state index < -0.39 is 24.4 Å². The van der Waals surface area contributed by atoms with Gasteiger partial charge in [0.05, 0.1) is 17.7 Å². The average molecular weight is 389 g/mol. The summed E-state index contributed by atoms with van der Waals surface area (Å²) in [4.78, 5) is 12.6. The molecule has 1 amide bonds. The van der Waals surface area contributed by atoms with Crippen LogP contribution in [-0.4, -0.2) is 53.6 Å². The largest absolute Gasteiger partial charge is 0.498 e. The minimum atomic E-state index is -0.902. The van der Waals surface area contributed by atoms with E-state index in [-0.39, 0.29) is 11.5 Å². The molecule has 2 heterocycles. The number of hydrogen-bond donors (Lipinski definition) is 1. The van der Waals surface area contributed by atoms with Gasteiger partial charge in [-0.1, -0.05) is 32.9 Å². The number of carbonyl (C=O) groups is 1. The third kappa shape index (κ3) is 4.01. The number of ether oxygens (including phenoxy) is 1. The molecule has 2 aliphatic rings. The molecule has 0 aromatic heterocycles. The second kappa shape index (κ2) is 6.96. The van der Waals surface area contributed by atoms with Crippen molar-refractivity contribution >= 4 is 18.7 Å². The van der Waals surface area contributed by atoms with Crippen molar-refractivity contribution in [3.05, 3.63) is 23.8 Å². The van der Waals surface area contributed by atoms with E-state index in [1.165, 1.54) is 10.5 Å². The van der Waals surface area contributed by atoms with Crippen molar-refractivity contribution in [2.75, 3.05) is 13.1 Å². The Morgan fingerprint density at radius 1 is 1.21 bits per heavy atom. The molecule has 3 rings (SSSR count). The lowest BCUT2D eigenvalue weighted by Gasteiger charge is -2.32. The van der Waals surface area contributed by atoms with Gasteiger partial charge in [0.1, 0.15) is 11.9 Å². The molecular weight excluding hydrogens is 357 g/mol. The van der Waals surface area contributed by atoms with Crippen LogP contribution in [0.1, 0.15) is 60.5 Å². The molecule has 1 aromatic carbocycles. The van der Waals surface area contributed by atoms with E-state index in [4.69, 9.17) is 14.0 Å². The van der Waals surface area contributed by atoms with Gasteiger partial charge >= 0.3 is 13.2 Å². The van der Waals surface area contributed by atoms with Crippen LogP contribution >= 0.6 is 0 Å². The smallest absolute Gasteiger partial charge is 0.489 e. The molecule has 2 fully saturated rings. The van der Waals surface area contributed by atoms with Crippen LogP contribution in [0.15, 0.2) is 18.2 Å². The van der Waals surface area contributed by atoms with Crippen LogP contribution in [0.4, 0.5) is 4.79 Å². The van der Waals surface area contributed by atoms with Gasteiger partial charge in [0.25, 0.3) is 0 Å². The maximum Gasteiger partial charge on any atom is 0.498 e. The van der Waals surface area contributed by atoms with Crippen LogP contribution in [0.25, 0.3) is 0 Å². The molecule has 2 saturated heterocycles. The topological polar surface area (TPSA) is 68.2 Å². The highest BCUT2D eigenvalue weighted by Gasteiger charge is 2.52. The summed E-state index contributed by atoms with van der Waals surface area (Å²) in [7, 11) is -0.528. The highest BCUT2D eigenvalue weighted by molar-refractivity contribution is 6.63. The Kier molecular flexibility index (Phi) is 5.22. The van der Waals surface area contributed by atoms with E-state index in [0.29, 0.717) is 25.3 Å². The van der Waals surface area contributed by atoms with Crippen molar-refractivity contribution in [1.82, 2.24) is 4.90 Å². The zero-order chi connectivity index (χ0) is 20.9. The van der Waals surface area contributed by atoms with Crippen molar-refractivity contribution in [3.63, 3.8) is 0 Å². The number of amides is 1. The monoisotopic (exact) mass is 389 g/mol. The maximum absolute atomic E-state index is 11.2. The van der Waals surface area contributed by atoms with Crippen LogP contribution in [0.5, 0.6) is 5.75 Å². The Morgan fingerprint density at radius 3 is 2.32 bits per heavy atom. The number of rotatable bonds is 3. The highest BCUT2D eigenvalue weighted by atomic mass is 16.7. The molecule has 1 atom stereocenters. The molecule has 0 radical (unpaired) electrons. The fourth-order valence-electron chi connectivity index (χ4n) is 3.45. The van der Waals surface area contributed by atoms with Gasteiger partial charge in [-0.2, -0.15) is 0 Å². The van der Waals surface area contributed by atoms with E-state index in [9.17, 15) is 9.90 Å².